The Morgan fingerprint density at radius 2 is 2.12 bits per heavy atom. The van der Waals surface area contributed by atoms with E-state index in [0.29, 0.717) is 6.54 Å². The van der Waals surface area contributed by atoms with Crippen LogP contribution in [-0.2, 0) is 12.8 Å². The largest absolute Gasteiger partial charge is 0.497 e. The molecule has 0 aromatic heterocycles. The summed E-state index contributed by atoms with van der Waals surface area (Å²) in [6, 6.07) is 6.08. The van der Waals surface area contributed by atoms with Gasteiger partial charge in [-0.25, -0.2) is 0 Å². The summed E-state index contributed by atoms with van der Waals surface area (Å²) in [6.07, 6.45) is 1.80. The molecule has 0 aliphatic carbocycles. The minimum absolute atomic E-state index is 0.145. The van der Waals surface area contributed by atoms with Gasteiger partial charge in [0.05, 0.1) is 7.11 Å². The molecule has 3 heteroatoms. The molecule has 0 aliphatic rings. The molecule has 0 aliphatic heterocycles. The Morgan fingerprint density at radius 1 is 1.38 bits per heavy atom. The normalized spacial score (nSPS) is 12.5. The van der Waals surface area contributed by atoms with E-state index in [1.807, 2.05) is 6.07 Å². The third-order valence-electron chi connectivity index (χ3n) is 2.89. The SMILES string of the molecule is CCc1cc(OC)ccc1CC(CN)CO. The van der Waals surface area contributed by atoms with Crippen LogP contribution in [0.4, 0.5) is 0 Å². The lowest BCUT2D eigenvalue weighted by atomic mass is 9.95. The van der Waals surface area contributed by atoms with Crippen molar-refractivity contribution in [1.82, 2.24) is 0 Å². The average molecular weight is 223 g/mol. The fourth-order valence-corrected chi connectivity index (χ4v) is 1.79. The van der Waals surface area contributed by atoms with E-state index in [1.54, 1.807) is 7.11 Å². The van der Waals surface area contributed by atoms with E-state index in [4.69, 9.17) is 15.6 Å². The molecule has 0 radical (unpaired) electrons. The standard InChI is InChI=1S/C13H21NO2/c1-3-11-7-13(16-2)5-4-12(11)6-10(8-14)9-15/h4-5,7,10,15H,3,6,8-9,14H2,1-2H3. The first kappa shape index (κ1) is 13.0. The van der Waals surface area contributed by atoms with Gasteiger partial charge < -0.3 is 15.6 Å². The van der Waals surface area contributed by atoms with Crippen LogP contribution in [0.2, 0.25) is 0 Å². The van der Waals surface area contributed by atoms with Gasteiger partial charge in [-0.2, -0.15) is 0 Å². The predicted molar refractivity (Wildman–Crippen MR) is 65.7 cm³/mol. The highest BCUT2D eigenvalue weighted by molar-refractivity contribution is 5.36. The first-order valence-electron chi connectivity index (χ1n) is 5.71. The summed E-state index contributed by atoms with van der Waals surface area (Å²) in [5, 5.41) is 9.15. The minimum atomic E-state index is 0.145. The van der Waals surface area contributed by atoms with E-state index in [0.717, 1.165) is 18.6 Å². The third-order valence-corrected chi connectivity index (χ3v) is 2.89. The van der Waals surface area contributed by atoms with Crippen LogP contribution in [-0.4, -0.2) is 25.4 Å². The van der Waals surface area contributed by atoms with Gasteiger partial charge in [0.15, 0.2) is 0 Å². The summed E-state index contributed by atoms with van der Waals surface area (Å²) in [4.78, 5) is 0. The van der Waals surface area contributed by atoms with E-state index < -0.39 is 0 Å². The van der Waals surface area contributed by atoms with Crippen LogP contribution < -0.4 is 10.5 Å². The van der Waals surface area contributed by atoms with Crippen molar-refractivity contribution in [3.05, 3.63) is 29.3 Å². The zero-order valence-corrected chi connectivity index (χ0v) is 10.1. The number of ether oxygens (including phenoxy) is 1. The molecule has 3 nitrogen and oxygen atoms in total. The molecule has 16 heavy (non-hydrogen) atoms. The Balaban J connectivity index is 2.86. The zero-order chi connectivity index (χ0) is 12.0. The molecule has 0 heterocycles. The van der Waals surface area contributed by atoms with Gasteiger partial charge in [0, 0.05) is 6.61 Å². The van der Waals surface area contributed by atoms with Crippen LogP contribution in [0.5, 0.6) is 5.75 Å². The van der Waals surface area contributed by atoms with Gasteiger partial charge in [0.25, 0.3) is 0 Å². The molecule has 1 aromatic rings. The summed E-state index contributed by atoms with van der Waals surface area (Å²) in [7, 11) is 1.67. The zero-order valence-electron chi connectivity index (χ0n) is 10.1. The first-order valence-corrected chi connectivity index (χ1v) is 5.71. The van der Waals surface area contributed by atoms with E-state index in [1.165, 1.54) is 11.1 Å². The smallest absolute Gasteiger partial charge is 0.119 e. The molecule has 0 fully saturated rings. The Hall–Kier alpha value is -1.06. The molecule has 1 atom stereocenters. The maximum atomic E-state index is 9.15. The van der Waals surface area contributed by atoms with Crippen molar-refractivity contribution in [1.29, 1.82) is 0 Å². The van der Waals surface area contributed by atoms with Crippen molar-refractivity contribution in [2.45, 2.75) is 19.8 Å². The van der Waals surface area contributed by atoms with Crippen LogP contribution in [0.3, 0.4) is 0 Å². The number of aryl methyl sites for hydroxylation is 1. The van der Waals surface area contributed by atoms with Crippen molar-refractivity contribution >= 4 is 0 Å². The highest BCUT2D eigenvalue weighted by Crippen LogP contribution is 2.20. The van der Waals surface area contributed by atoms with Crippen molar-refractivity contribution < 1.29 is 9.84 Å². The predicted octanol–water partition coefficient (Wildman–Crippen LogP) is 1.37. The molecule has 0 saturated carbocycles. The number of hydrogen-bond donors (Lipinski definition) is 2. The summed E-state index contributed by atoms with van der Waals surface area (Å²) in [5.74, 6) is 1.03. The van der Waals surface area contributed by atoms with Crippen molar-refractivity contribution in [2.75, 3.05) is 20.3 Å². The van der Waals surface area contributed by atoms with Crippen molar-refractivity contribution in [3.63, 3.8) is 0 Å². The summed E-state index contributed by atoms with van der Waals surface area (Å²) >= 11 is 0. The third kappa shape index (κ3) is 3.22. The van der Waals surface area contributed by atoms with Crippen LogP contribution in [0.1, 0.15) is 18.1 Å². The van der Waals surface area contributed by atoms with Gasteiger partial charge in [-0.3, -0.25) is 0 Å². The van der Waals surface area contributed by atoms with Gasteiger partial charge in [-0.15, -0.1) is 0 Å². The molecule has 0 spiro atoms. The highest BCUT2D eigenvalue weighted by Gasteiger charge is 2.09. The summed E-state index contributed by atoms with van der Waals surface area (Å²) in [6.45, 7) is 2.78. The summed E-state index contributed by atoms with van der Waals surface area (Å²) in [5.41, 5.74) is 8.12. The lowest BCUT2D eigenvalue weighted by Gasteiger charge is -2.15. The fraction of sp³-hybridized carbons (Fsp3) is 0.538. The van der Waals surface area contributed by atoms with Crippen LogP contribution in [0.15, 0.2) is 18.2 Å². The number of aliphatic hydroxyl groups is 1. The number of rotatable bonds is 6. The Morgan fingerprint density at radius 3 is 2.62 bits per heavy atom. The Kier molecular flexibility index (Phi) is 5.29. The minimum Gasteiger partial charge on any atom is -0.497 e. The maximum Gasteiger partial charge on any atom is 0.119 e. The summed E-state index contributed by atoms with van der Waals surface area (Å²) < 4.78 is 5.20. The van der Waals surface area contributed by atoms with E-state index in [-0.39, 0.29) is 12.5 Å². The van der Waals surface area contributed by atoms with Crippen LogP contribution in [0.25, 0.3) is 0 Å². The molecule has 3 N–H and O–H groups in total. The molecule has 90 valence electrons. The molecule has 0 amide bonds. The van der Waals surface area contributed by atoms with Crippen molar-refractivity contribution in [2.24, 2.45) is 11.7 Å². The molecule has 0 bridgehead atoms. The molecule has 0 saturated heterocycles. The van der Waals surface area contributed by atoms with E-state index in [2.05, 4.69) is 19.1 Å². The number of nitrogens with two attached hydrogens (primary N) is 1. The molecule has 1 unspecified atom stereocenters. The maximum absolute atomic E-state index is 9.15. The van der Waals surface area contributed by atoms with E-state index in [9.17, 15) is 0 Å². The van der Waals surface area contributed by atoms with Gasteiger partial charge in [-0.1, -0.05) is 13.0 Å². The second kappa shape index (κ2) is 6.51. The number of aliphatic hydroxyl groups excluding tert-OH is 1. The van der Waals surface area contributed by atoms with Crippen LogP contribution in [0, 0.1) is 5.92 Å². The van der Waals surface area contributed by atoms with Crippen molar-refractivity contribution in [3.8, 4) is 5.75 Å². The first-order chi connectivity index (χ1) is 7.74. The quantitative estimate of drug-likeness (QED) is 0.765. The second-order valence-corrected chi connectivity index (χ2v) is 3.98. The van der Waals surface area contributed by atoms with Gasteiger partial charge >= 0.3 is 0 Å². The number of benzene rings is 1. The fourth-order valence-electron chi connectivity index (χ4n) is 1.79. The van der Waals surface area contributed by atoms with Gasteiger partial charge in [0.2, 0.25) is 0 Å². The number of hydrogen-bond acceptors (Lipinski definition) is 3. The van der Waals surface area contributed by atoms with Crippen LogP contribution >= 0.6 is 0 Å². The molecular formula is C13H21NO2. The van der Waals surface area contributed by atoms with E-state index >= 15 is 0 Å². The second-order valence-electron chi connectivity index (χ2n) is 3.98. The molecule has 1 aromatic carbocycles. The monoisotopic (exact) mass is 223 g/mol. The van der Waals surface area contributed by atoms with Gasteiger partial charge in [-0.05, 0) is 48.6 Å². The Labute approximate surface area is 97.2 Å². The highest BCUT2D eigenvalue weighted by atomic mass is 16.5. The molecular weight excluding hydrogens is 202 g/mol. The molecule has 1 rings (SSSR count). The lowest BCUT2D eigenvalue weighted by molar-refractivity contribution is 0.229. The Bertz CT molecular complexity index is 322. The van der Waals surface area contributed by atoms with Gasteiger partial charge in [0.1, 0.15) is 5.75 Å². The topological polar surface area (TPSA) is 55.5 Å². The number of methoxy groups -OCH3 is 1. The average Bonchev–Trinajstić information content (AvgIpc) is 2.35. The lowest BCUT2D eigenvalue weighted by Crippen LogP contribution is -2.20.